The van der Waals surface area contributed by atoms with Crippen LogP contribution in [0.5, 0.6) is 0 Å². The van der Waals surface area contributed by atoms with Gasteiger partial charge >= 0.3 is 5.97 Å². The van der Waals surface area contributed by atoms with E-state index in [0.29, 0.717) is 12.0 Å². The Morgan fingerprint density at radius 1 is 0.700 bits per heavy atom. The number of rotatable bonds is 27. The smallest absolute Gasteiger partial charge is 0.326 e. The predicted molar refractivity (Wildman–Crippen MR) is 251 cm³/mol. The Bertz CT molecular complexity index is 2050. The minimum Gasteiger partial charge on any atom is -0.480 e. The number of nitrogens with zero attached hydrogens (tertiary/aromatic N) is 1. The molecule has 13 N–H and O–H groups in total. The Morgan fingerprint density at radius 2 is 1.27 bits per heavy atom. The van der Waals surface area contributed by atoms with Crippen LogP contribution >= 0.6 is 0 Å². The quantitative estimate of drug-likeness (QED) is 0.0407. The number of benzene rings is 1. The van der Waals surface area contributed by atoms with E-state index in [1.807, 2.05) is 19.1 Å². The minimum atomic E-state index is -1.35. The number of primary amides is 1. The second-order valence-electron chi connectivity index (χ2n) is 18.6. The van der Waals surface area contributed by atoms with E-state index in [0.717, 1.165) is 5.56 Å². The van der Waals surface area contributed by atoms with E-state index >= 15 is 0 Å². The van der Waals surface area contributed by atoms with Gasteiger partial charge in [0.15, 0.2) is 0 Å². The summed E-state index contributed by atoms with van der Waals surface area (Å²) in [6, 6.07) is -0.624. The molecule has 2 heterocycles. The molecule has 0 unspecified atom stereocenters. The number of amides is 10. The lowest BCUT2D eigenvalue weighted by molar-refractivity contribution is -0.144. The number of aliphatic hydroxyl groups excluding tert-OH is 1. The van der Waals surface area contributed by atoms with Crippen molar-refractivity contribution in [2.24, 2.45) is 17.6 Å². The van der Waals surface area contributed by atoms with E-state index < -0.39 is 133 Å². The third kappa shape index (κ3) is 19.7. The number of likely N-dealkylation sites (tertiary alicyclic amines) is 1. The highest BCUT2D eigenvalue weighted by Crippen LogP contribution is 2.18. The maximum absolute atomic E-state index is 13.5. The summed E-state index contributed by atoms with van der Waals surface area (Å²) in [6.07, 6.45) is -0.0918. The van der Waals surface area contributed by atoms with Crippen LogP contribution in [0.1, 0.15) is 90.7 Å². The van der Waals surface area contributed by atoms with Gasteiger partial charge in [0.25, 0.3) is 0 Å². The summed E-state index contributed by atoms with van der Waals surface area (Å²) >= 11 is 0. The van der Waals surface area contributed by atoms with Gasteiger partial charge in [-0.1, -0.05) is 57.5 Å². The highest BCUT2D eigenvalue weighted by atomic mass is 16.4. The molecule has 2 saturated heterocycles. The zero-order chi connectivity index (χ0) is 52.2. The zero-order valence-electron chi connectivity index (χ0n) is 40.7. The number of carboxylic acid groups (broad SMARTS) is 1. The molecule has 2 fully saturated rings. The molecule has 2 aliphatic rings. The fourth-order valence-corrected chi connectivity index (χ4v) is 7.78. The lowest BCUT2D eigenvalue weighted by Crippen LogP contribution is -2.57. The molecule has 388 valence electrons. The summed E-state index contributed by atoms with van der Waals surface area (Å²) in [4.78, 5) is 143. The van der Waals surface area contributed by atoms with Crippen molar-refractivity contribution in [2.75, 3.05) is 32.7 Å². The van der Waals surface area contributed by atoms with Crippen LogP contribution in [0.25, 0.3) is 0 Å². The van der Waals surface area contributed by atoms with Crippen LogP contribution in [0.15, 0.2) is 24.3 Å². The number of nitrogens with one attached hydrogen (secondary N) is 9. The highest BCUT2D eigenvalue weighted by Gasteiger charge is 2.37. The van der Waals surface area contributed by atoms with Crippen LogP contribution in [0.2, 0.25) is 0 Å². The average Bonchev–Trinajstić information content (AvgIpc) is 3.97. The van der Waals surface area contributed by atoms with Crippen molar-refractivity contribution in [3.63, 3.8) is 0 Å². The molecule has 0 spiro atoms. The highest BCUT2D eigenvalue weighted by molar-refractivity contribution is 5.97. The number of carboxylic acids is 1. The molecular formula is C46H71N11O13. The minimum absolute atomic E-state index is 0.0348. The monoisotopic (exact) mass is 986 g/mol. The van der Waals surface area contributed by atoms with Gasteiger partial charge in [-0.25, -0.2) is 4.79 Å². The van der Waals surface area contributed by atoms with Gasteiger partial charge in [-0.15, -0.1) is 0 Å². The second kappa shape index (κ2) is 28.1. The molecule has 0 aromatic heterocycles. The number of nitrogens with two attached hydrogens (primary N) is 1. The number of hydrogen-bond acceptors (Lipinski definition) is 13. The first-order valence-electron chi connectivity index (χ1n) is 23.5. The van der Waals surface area contributed by atoms with Gasteiger partial charge in [0, 0.05) is 25.9 Å². The molecule has 10 amide bonds. The lowest BCUT2D eigenvalue weighted by atomic mass is 10.0. The number of carbonyl (C=O) groups excluding carboxylic acids is 10. The Morgan fingerprint density at radius 3 is 1.84 bits per heavy atom. The number of aryl methyl sites for hydroxylation is 1. The van der Waals surface area contributed by atoms with E-state index in [-0.39, 0.29) is 69.9 Å². The molecule has 8 atom stereocenters. The van der Waals surface area contributed by atoms with Gasteiger partial charge in [-0.05, 0) is 69.8 Å². The van der Waals surface area contributed by atoms with E-state index in [9.17, 15) is 63.0 Å². The average molecular weight is 986 g/mol. The lowest BCUT2D eigenvalue weighted by Gasteiger charge is -2.26. The molecule has 3 rings (SSSR count). The van der Waals surface area contributed by atoms with Crippen molar-refractivity contribution in [1.29, 1.82) is 0 Å². The van der Waals surface area contributed by atoms with E-state index in [2.05, 4.69) is 47.9 Å². The van der Waals surface area contributed by atoms with Gasteiger partial charge < -0.3 is 68.7 Å². The first kappa shape index (κ1) is 57.6. The Labute approximate surface area is 406 Å². The fourth-order valence-electron chi connectivity index (χ4n) is 7.78. The molecule has 1 aromatic carbocycles. The first-order valence-corrected chi connectivity index (χ1v) is 23.5. The topological polar surface area (TPSA) is 366 Å². The van der Waals surface area contributed by atoms with Crippen LogP contribution in [0.3, 0.4) is 0 Å². The van der Waals surface area contributed by atoms with E-state index in [1.54, 1.807) is 39.8 Å². The van der Waals surface area contributed by atoms with Crippen LogP contribution in [0.4, 0.5) is 0 Å². The summed E-state index contributed by atoms with van der Waals surface area (Å²) < 4.78 is 0. The summed E-state index contributed by atoms with van der Waals surface area (Å²) in [5, 5.41) is 42.2. The molecule has 70 heavy (non-hydrogen) atoms. The van der Waals surface area contributed by atoms with Crippen LogP contribution < -0.4 is 53.6 Å². The molecule has 0 saturated carbocycles. The molecule has 0 radical (unpaired) electrons. The maximum Gasteiger partial charge on any atom is 0.326 e. The van der Waals surface area contributed by atoms with E-state index in [1.165, 1.54) is 11.8 Å². The SMILES string of the molecule is Cc1ccc(C[C@H](NC(=O)[C@@H]2CCCN2C(=O)CNC(=O)[C@H](C)NC(=O)[C@H](CC(C)C)NC(=O)CNC(=O)[C@H](CC(C)C)NC(=O)[C@H](CCC(N)=O)NC(=O)CNC(=O)[C@@H]2C[C@@H](O)CN2)C(=O)O)cc1. The molecular weight excluding hydrogens is 915 g/mol. The number of carbonyl (C=O) groups is 11. The Balaban J connectivity index is 1.54. The summed E-state index contributed by atoms with van der Waals surface area (Å²) in [5.74, 6) is -8.70. The van der Waals surface area contributed by atoms with Gasteiger partial charge in [0.2, 0.25) is 59.1 Å². The number of aliphatic hydroxyl groups is 1. The molecule has 0 bridgehead atoms. The third-order valence-corrected chi connectivity index (χ3v) is 11.5. The van der Waals surface area contributed by atoms with Crippen molar-refractivity contribution < 1.29 is 63.0 Å². The standard InChI is InChI=1S/C46H71N11O13/c1-24(2)16-32(55-43(66)30(13-14-36(47)59)53-37(60)21-49-41(64)31-19-29(58)20-48-31)42(65)50-22-38(61)54-33(17-25(3)4)44(67)52-27(6)40(63)51-23-39(62)57-15-7-8-35(57)45(68)56-34(46(69)70)18-28-11-9-26(5)10-12-28/h9-12,24-25,27,29-35,48,58H,7-8,13-23H2,1-6H3,(H2,47,59)(H,49,64)(H,50,65)(H,51,63)(H,52,67)(H,53,60)(H,54,61)(H,55,66)(H,56,68)(H,69,70)/t27-,29+,30-,31-,32-,33-,34-,35-/m0/s1. The number of β-amino-alcohol motifs (C(OH)–C–C–N with tert-alkyl or cyclic N) is 1. The molecule has 2 aliphatic heterocycles. The summed E-state index contributed by atoms with van der Waals surface area (Å²) in [6.45, 7) is 9.14. The van der Waals surface area contributed by atoms with Gasteiger partial charge in [-0.2, -0.15) is 0 Å². The van der Waals surface area contributed by atoms with Gasteiger partial charge in [0.05, 0.1) is 31.8 Å². The van der Waals surface area contributed by atoms with Crippen molar-refractivity contribution in [1.82, 2.24) is 52.8 Å². The van der Waals surface area contributed by atoms with Crippen molar-refractivity contribution in [3.05, 3.63) is 35.4 Å². The fraction of sp³-hybridized carbons (Fsp3) is 0.630. The second-order valence-corrected chi connectivity index (χ2v) is 18.6. The molecule has 1 aromatic rings. The van der Waals surface area contributed by atoms with Crippen LogP contribution in [-0.2, 0) is 59.2 Å². The first-order chi connectivity index (χ1) is 32.9. The molecule has 24 heteroatoms. The van der Waals surface area contributed by atoms with E-state index in [4.69, 9.17) is 5.73 Å². The summed E-state index contributed by atoms with van der Waals surface area (Å²) in [7, 11) is 0. The Kier molecular flexibility index (Phi) is 23.1. The third-order valence-electron chi connectivity index (χ3n) is 11.5. The number of aliphatic carboxylic acids is 1. The van der Waals surface area contributed by atoms with Crippen molar-refractivity contribution >= 4 is 65.0 Å². The summed E-state index contributed by atoms with van der Waals surface area (Å²) in [5.41, 5.74) is 6.99. The largest absolute Gasteiger partial charge is 0.480 e. The predicted octanol–water partition coefficient (Wildman–Crippen LogP) is -3.51. The van der Waals surface area contributed by atoms with Crippen molar-refractivity contribution in [3.8, 4) is 0 Å². The maximum atomic E-state index is 13.5. The van der Waals surface area contributed by atoms with Gasteiger partial charge in [0.1, 0.15) is 36.3 Å². The Hall–Kier alpha value is -6.69. The molecule has 24 nitrogen and oxygen atoms in total. The van der Waals surface area contributed by atoms with Gasteiger partial charge in [-0.3, -0.25) is 47.9 Å². The zero-order valence-corrected chi connectivity index (χ0v) is 40.7. The van der Waals surface area contributed by atoms with Crippen molar-refractivity contribution in [2.45, 2.75) is 141 Å². The molecule has 0 aliphatic carbocycles. The number of hydrogen-bond donors (Lipinski definition) is 12. The normalized spacial score (nSPS) is 18.6. The van der Waals surface area contributed by atoms with Crippen LogP contribution in [0, 0.1) is 18.8 Å². The van der Waals surface area contributed by atoms with Crippen LogP contribution in [-0.4, -0.2) is 161 Å².